The number of rotatable bonds is 7. The summed E-state index contributed by atoms with van der Waals surface area (Å²) in [6.07, 6.45) is 1.03. The first-order valence-electron chi connectivity index (χ1n) is 6.74. The first kappa shape index (κ1) is 16.0. The molecule has 0 atom stereocenters. The number of carboxylic acid groups (broad SMARTS) is 1. The Morgan fingerprint density at radius 2 is 1.90 bits per heavy atom. The number of benzene rings is 1. The molecule has 0 unspecified atom stereocenters. The highest BCUT2D eigenvalue weighted by molar-refractivity contribution is 5.98. The van der Waals surface area contributed by atoms with Gasteiger partial charge in [0.05, 0.1) is 11.0 Å². The first-order valence-corrected chi connectivity index (χ1v) is 6.74. The smallest absolute Gasteiger partial charge is 0.311 e. The van der Waals surface area contributed by atoms with Gasteiger partial charge in [-0.05, 0) is 37.5 Å². The molecule has 4 N–H and O–H groups in total. The molecule has 1 aromatic carbocycles. The Morgan fingerprint density at radius 1 is 1.30 bits per heavy atom. The standard InChI is InChI=1S/C15H22N2O3/c1-4-15(5-2,14(19)20)9-17-12-8-10(3)6-7-11(12)13(16)18/h6-8,17H,4-5,9H2,1-3H3,(H2,16,18)(H,19,20). The van der Waals surface area contributed by atoms with E-state index in [-0.39, 0.29) is 6.54 Å². The van der Waals surface area contributed by atoms with Crippen molar-refractivity contribution >= 4 is 17.6 Å². The third-order valence-corrected chi connectivity index (χ3v) is 3.86. The summed E-state index contributed by atoms with van der Waals surface area (Å²) in [5, 5.41) is 12.5. The first-order chi connectivity index (χ1) is 9.36. The van der Waals surface area contributed by atoms with Crippen LogP contribution >= 0.6 is 0 Å². The highest BCUT2D eigenvalue weighted by Gasteiger charge is 2.34. The van der Waals surface area contributed by atoms with E-state index in [1.54, 1.807) is 18.2 Å². The summed E-state index contributed by atoms with van der Waals surface area (Å²) in [6, 6.07) is 5.26. The monoisotopic (exact) mass is 278 g/mol. The predicted octanol–water partition coefficient (Wildman–Crippen LogP) is 2.40. The van der Waals surface area contributed by atoms with E-state index in [1.165, 1.54) is 0 Å². The highest BCUT2D eigenvalue weighted by atomic mass is 16.4. The van der Waals surface area contributed by atoms with Gasteiger partial charge >= 0.3 is 5.97 Å². The van der Waals surface area contributed by atoms with Gasteiger partial charge in [-0.3, -0.25) is 9.59 Å². The molecule has 110 valence electrons. The zero-order valence-corrected chi connectivity index (χ0v) is 12.2. The number of carboxylic acids is 1. The number of anilines is 1. The van der Waals surface area contributed by atoms with Crippen molar-refractivity contribution in [3.05, 3.63) is 29.3 Å². The van der Waals surface area contributed by atoms with E-state index in [1.807, 2.05) is 20.8 Å². The second-order valence-corrected chi connectivity index (χ2v) is 5.06. The number of amides is 1. The predicted molar refractivity (Wildman–Crippen MR) is 78.8 cm³/mol. The molecule has 1 aromatic rings. The van der Waals surface area contributed by atoms with Crippen LogP contribution in [0.25, 0.3) is 0 Å². The summed E-state index contributed by atoms with van der Waals surface area (Å²) in [7, 11) is 0. The molecule has 5 nitrogen and oxygen atoms in total. The lowest BCUT2D eigenvalue weighted by molar-refractivity contribution is -0.148. The van der Waals surface area contributed by atoms with Crippen LogP contribution < -0.4 is 11.1 Å². The van der Waals surface area contributed by atoms with Gasteiger partial charge in [0.25, 0.3) is 5.91 Å². The van der Waals surface area contributed by atoms with Crippen molar-refractivity contribution in [1.82, 2.24) is 0 Å². The SMILES string of the molecule is CCC(CC)(CNc1cc(C)ccc1C(N)=O)C(=O)O. The third kappa shape index (κ3) is 3.29. The van der Waals surface area contributed by atoms with Crippen LogP contribution in [0.4, 0.5) is 5.69 Å². The van der Waals surface area contributed by atoms with Crippen LogP contribution in [0.2, 0.25) is 0 Å². The van der Waals surface area contributed by atoms with E-state index in [4.69, 9.17) is 5.73 Å². The van der Waals surface area contributed by atoms with Gasteiger partial charge in [0, 0.05) is 12.2 Å². The summed E-state index contributed by atoms with van der Waals surface area (Å²) >= 11 is 0. The van der Waals surface area contributed by atoms with Crippen molar-refractivity contribution in [2.45, 2.75) is 33.6 Å². The Kier molecular flexibility index (Phi) is 5.13. The maximum Gasteiger partial charge on any atom is 0.311 e. The Morgan fingerprint density at radius 3 is 2.35 bits per heavy atom. The molecule has 0 bridgehead atoms. The lowest BCUT2D eigenvalue weighted by Gasteiger charge is -2.27. The molecule has 0 fully saturated rings. The lowest BCUT2D eigenvalue weighted by Crippen LogP contribution is -2.37. The number of nitrogens with two attached hydrogens (primary N) is 1. The molecule has 0 radical (unpaired) electrons. The number of carbonyl (C=O) groups excluding carboxylic acids is 1. The summed E-state index contributed by atoms with van der Waals surface area (Å²) < 4.78 is 0. The second-order valence-electron chi connectivity index (χ2n) is 5.06. The molecule has 0 saturated carbocycles. The van der Waals surface area contributed by atoms with Gasteiger partial charge in [-0.2, -0.15) is 0 Å². The lowest BCUT2D eigenvalue weighted by atomic mass is 9.82. The maximum absolute atomic E-state index is 11.5. The van der Waals surface area contributed by atoms with E-state index < -0.39 is 17.3 Å². The van der Waals surface area contributed by atoms with Crippen molar-refractivity contribution < 1.29 is 14.7 Å². The van der Waals surface area contributed by atoms with E-state index in [9.17, 15) is 14.7 Å². The van der Waals surface area contributed by atoms with Crippen LogP contribution in [-0.4, -0.2) is 23.5 Å². The van der Waals surface area contributed by atoms with Crippen LogP contribution in [0.1, 0.15) is 42.6 Å². The van der Waals surface area contributed by atoms with Crippen LogP contribution in [-0.2, 0) is 4.79 Å². The fourth-order valence-electron chi connectivity index (χ4n) is 2.16. The maximum atomic E-state index is 11.5. The minimum absolute atomic E-state index is 0.263. The van der Waals surface area contributed by atoms with Crippen molar-refractivity contribution in [2.24, 2.45) is 11.1 Å². The highest BCUT2D eigenvalue weighted by Crippen LogP contribution is 2.28. The molecule has 0 heterocycles. The molecule has 0 aromatic heterocycles. The fourth-order valence-corrected chi connectivity index (χ4v) is 2.16. The fraction of sp³-hybridized carbons (Fsp3) is 0.467. The quantitative estimate of drug-likeness (QED) is 0.714. The van der Waals surface area contributed by atoms with Gasteiger partial charge in [0.15, 0.2) is 0 Å². The number of aryl methyl sites for hydroxylation is 1. The minimum atomic E-state index is -0.835. The number of primary amides is 1. The van der Waals surface area contributed by atoms with E-state index in [0.717, 1.165) is 5.56 Å². The van der Waals surface area contributed by atoms with Crippen molar-refractivity contribution in [1.29, 1.82) is 0 Å². The third-order valence-electron chi connectivity index (χ3n) is 3.86. The van der Waals surface area contributed by atoms with E-state index >= 15 is 0 Å². The summed E-state index contributed by atoms with van der Waals surface area (Å²) in [5.74, 6) is -1.36. The van der Waals surface area contributed by atoms with Gasteiger partial charge in [0.2, 0.25) is 0 Å². The molecule has 0 aliphatic rings. The molecule has 5 heteroatoms. The topological polar surface area (TPSA) is 92.4 Å². The molecule has 0 aliphatic heterocycles. The summed E-state index contributed by atoms with van der Waals surface area (Å²) in [4.78, 5) is 22.9. The van der Waals surface area contributed by atoms with Crippen LogP contribution in [0.3, 0.4) is 0 Å². The van der Waals surface area contributed by atoms with Crippen molar-refractivity contribution in [3.63, 3.8) is 0 Å². The number of carbonyl (C=O) groups is 2. The zero-order valence-electron chi connectivity index (χ0n) is 12.2. The molecule has 0 aliphatic carbocycles. The van der Waals surface area contributed by atoms with Crippen LogP contribution in [0.5, 0.6) is 0 Å². The molecule has 1 amide bonds. The second kappa shape index (κ2) is 6.41. The van der Waals surface area contributed by atoms with Gasteiger partial charge < -0.3 is 16.2 Å². The van der Waals surface area contributed by atoms with E-state index in [2.05, 4.69) is 5.32 Å². The number of hydrogen-bond donors (Lipinski definition) is 3. The van der Waals surface area contributed by atoms with Gasteiger partial charge in [0.1, 0.15) is 0 Å². The number of nitrogens with one attached hydrogen (secondary N) is 1. The van der Waals surface area contributed by atoms with Crippen molar-refractivity contribution in [3.8, 4) is 0 Å². The summed E-state index contributed by atoms with van der Waals surface area (Å²) in [5.41, 5.74) is 6.44. The molecule has 0 spiro atoms. The molecular formula is C15H22N2O3. The Bertz CT molecular complexity index is 508. The van der Waals surface area contributed by atoms with Gasteiger partial charge in [-0.25, -0.2) is 0 Å². The van der Waals surface area contributed by atoms with Crippen LogP contribution in [0.15, 0.2) is 18.2 Å². The summed E-state index contributed by atoms with van der Waals surface area (Å²) in [6.45, 7) is 5.87. The molecule has 20 heavy (non-hydrogen) atoms. The number of aliphatic carboxylic acids is 1. The Hall–Kier alpha value is -2.04. The van der Waals surface area contributed by atoms with E-state index in [0.29, 0.717) is 24.1 Å². The Balaban J connectivity index is 3.01. The Labute approximate surface area is 119 Å². The van der Waals surface area contributed by atoms with Gasteiger partial charge in [-0.15, -0.1) is 0 Å². The van der Waals surface area contributed by atoms with Gasteiger partial charge in [-0.1, -0.05) is 19.9 Å². The van der Waals surface area contributed by atoms with Crippen LogP contribution in [0, 0.1) is 12.3 Å². The number of hydrogen-bond acceptors (Lipinski definition) is 3. The molecule has 1 rings (SSSR count). The van der Waals surface area contributed by atoms with Crippen molar-refractivity contribution in [2.75, 3.05) is 11.9 Å². The average Bonchev–Trinajstić information content (AvgIpc) is 2.39. The normalized spacial score (nSPS) is 11.2. The minimum Gasteiger partial charge on any atom is -0.481 e. The molecular weight excluding hydrogens is 256 g/mol. The zero-order chi connectivity index (χ0) is 15.3. The average molecular weight is 278 g/mol. The largest absolute Gasteiger partial charge is 0.481 e. The molecule has 0 saturated heterocycles.